The van der Waals surface area contributed by atoms with Gasteiger partial charge in [-0.15, -0.1) is 0 Å². The number of allylic oxidation sites excluding steroid dienone is 1. The van der Waals surface area contributed by atoms with Gasteiger partial charge in [-0.25, -0.2) is 0 Å². The van der Waals surface area contributed by atoms with E-state index < -0.39 is 0 Å². The van der Waals surface area contributed by atoms with Crippen LogP contribution in [0, 0.1) is 16.7 Å². The van der Waals surface area contributed by atoms with Crippen LogP contribution in [0.5, 0.6) is 0 Å². The topological polar surface area (TPSA) is 117 Å². The van der Waals surface area contributed by atoms with Crippen LogP contribution in [0.3, 0.4) is 0 Å². The zero-order valence-electron chi connectivity index (χ0n) is 13.8. The van der Waals surface area contributed by atoms with Gasteiger partial charge in [-0.1, -0.05) is 11.6 Å². The normalized spacial score (nSPS) is 11.3. The Morgan fingerprint density at radius 1 is 1.40 bits per heavy atom. The highest BCUT2D eigenvalue weighted by Gasteiger charge is 2.16. The van der Waals surface area contributed by atoms with Crippen LogP contribution in [0.4, 0.5) is 5.69 Å². The van der Waals surface area contributed by atoms with Gasteiger partial charge in [0.2, 0.25) is 0 Å². The van der Waals surface area contributed by atoms with Crippen LogP contribution >= 0.6 is 11.6 Å². The summed E-state index contributed by atoms with van der Waals surface area (Å²) in [4.78, 5) is 12.4. The molecular weight excluding hydrogens is 340 g/mol. The average molecular weight is 357 g/mol. The minimum absolute atomic E-state index is 0.129. The van der Waals surface area contributed by atoms with E-state index in [1.807, 2.05) is 6.07 Å². The molecular formula is C17H17ClN6O. The maximum atomic E-state index is 12.4. The van der Waals surface area contributed by atoms with Crippen LogP contribution in [0.2, 0.25) is 5.02 Å². The van der Waals surface area contributed by atoms with Crippen molar-refractivity contribution in [2.24, 2.45) is 0 Å². The quantitative estimate of drug-likeness (QED) is 0.470. The van der Waals surface area contributed by atoms with Crippen molar-refractivity contribution in [1.29, 1.82) is 10.7 Å². The molecule has 8 heteroatoms. The second-order valence-corrected chi connectivity index (χ2v) is 5.71. The van der Waals surface area contributed by atoms with Crippen LogP contribution < -0.4 is 10.6 Å². The Hall–Kier alpha value is -3.11. The van der Waals surface area contributed by atoms with Crippen LogP contribution in [-0.2, 0) is 11.3 Å². The summed E-state index contributed by atoms with van der Waals surface area (Å²) in [5, 5.41) is 29.5. The summed E-state index contributed by atoms with van der Waals surface area (Å²) in [7, 11) is 0. The molecule has 0 unspecified atom stereocenters. The molecule has 7 nitrogen and oxygen atoms in total. The Morgan fingerprint density at radius 3 is 2.72 bits per heavy atom. The number of rotatable bonds is 6. The third-order valence-electron chi connectivity index (χ3n) is 3.39. The van der Waals surface area contributed by atoms with Crippen molar-refractivity contribution in [3.63, 3.8) is 0 Å². The molecule has 0 radical (unpaired) electrons. The molecule has 2 aromatic rings. The second-order valence-electron chi connectivity index (χ2n) is 5.30. The van der Waals surface area contributed by atoms with E-state index in [9.17, 15) is 4.79 Å². The van der Waals surface area contributed by atoms with Crippen molar-refractivity contribution in [2.45, 2.75) is 20.4 Å². The van der Waals surface area contributed by atoms with Crippen molar-refractivity contribution in [3.05, 3.63) is 58.0 Å². The maximum absolute atomic E-state index is 12.4. The fraction of sp³-hybridized carbons (Fsp3) is 0.176. The number of halogens is 1. The number of benzene rings is 1. The summed E-state index contributed by atoms with van der Waals surface area (Å²) in [6, 6.07) is 8.62. The molecule has 0 bridgehead atoms. The SMILES string of the molecule is CC(=N)/C(C(=O)NCc1cc[nH]n1)=C(/C)Nc1ccc(C#N)c(Cl)c1. The monoisotopic (exact) mass is 356 g/mol. The van der Waals surface area contributed by atoms with Crippen molar-refractivity contribution in [1.82, 2.24) is 15.5 Å². The zero-order chi connectivity index (χ0) is 18.4. The molecule has 0 saturated carbocycles. The Morgan fingerprint density at radius 2 is 2.16 bits per heavy atom. The molecule has 25 heavy (non-hydrogen) atoms. The molecule has 0 spiro atoms. The van der Waals surface area contributed by atoms with Crippen LogP contribution in [0.1, 0.15) is 25.1 Å². The largest absolute Gasteiger partial charge is 0.358 e. The van der Waals surface area contributed by atoms with E-state index in [0.29, 0.717) is 27.7 Å². The number of carbonyl (C=O) groups excluding carboxylic acids is 1. The number of anilines is 1. The van der Waals surface area contributed by atoms with Gasteiger partial charge in [0.15, 0.2) is 0 Å². The van der Waals surface area contributed by atoms with Gasteiger partial charge in [-0.2, -0.15) is 10.4 Å². The lowest BCUT2D eigenvalue weighted by atomic mass is 10.1. The number of nitrogens with zero attached hydrogens (tertiary/aromatic N) is 2. The van der Waals surface area contributed by atoms with Crippen molar-refractivity contribution in [3.8, 4) is 6.07 Å². The summed E-state index contributed by atoms with van der Waals surface area (Å²) in [6.07, 6.45) is 1.67. The number of H-pyrrole nitrogens is 1. The van der Waals surface area contributed by atoms with Gasteiger partial charge < -0.3 is 16.0 Å². The van der Waals surface area contributed by atoms with E-state index in [0.717, 1.165) is 0 Å². The van der Waals surface area contributed by atoms with E-state index in [4.69, 9.17) is 22.3 Å². The third kappa shape index (κ3) is 4.68. The lowest BCUT2D eigenvalue weighted by Crippen LogP contribution is -2.29. The van der Waals surface area contributed by atoms with E-state index in [1.165, 1.54) is 0 Å². The number of nitriles is 1. The highest BCUT2D eigenvalue weighted by Crippen LogP contribution is 2.22. The van der Waals surface area contributed by atoms with Crippen LogP contribution in [0.25, 0.3) is 0 Å². The van der Waals surface area contributed by atoms with Crippen molar-refractivity contribution in [2.75, 3.05) is 5.32 Å². The minimum atomic E-state index is -0.375. The maximum Gasteiger partial charge on any atom is 0.255 e. The molecule has 0 aliphatic carbocycles. The Kier molecular flexibility index (Phi) is 5.93. The Bertz CT molecular complexity index is 864. The molecule has 2 rings (SSSR count). The smallest absolute Gasteiger partial charge is 0.255 e. The average Bonchev–Trinajstić information content (AvgIpc) is 3.06. The Balaban J connectivity index is 2.18. The third-order valence-corrected chi connectivity index (χ3v) is 3.70. The molecule has 0 atom stereocenters. The van der Waals surface area contributed by atoms with Crippen LogP contribution in [-0.4, -0.2) is 21.8 Å². The molecule has 0 fully saturated rings. The van der Waals surface area contributed by atoms with Gasteiger partial charge in [0, 0.05) is 23.3 Å². The summed E-state index contributed by atoms with van der Waals surface area (Å²) < 4.78 is 0. The van der Waals surface area contributed by atoms with Gasteiger partial charge in [0.1, 0.15) is 6.07 Å². The fourth-order valence-electron chi connectivity index (χ4n) is 2.23. The fourth-order valence-corrected chi connectivity index (χ4v) is 2.46. The number of nitrogens with one attached hydrogen (secondary N) is 4. The van der Waals surface area contributed by atoms with Gasteiger partial charge in [0.05, 0.1) is 28.4 Å². The summed E-state index contributed by atoms with van der Waals surface area (Å²) in [5.74, 6) is -0.375. The van der Waals surface area contributed by atoms with E-state index in [-0.39, 0.29) is 23.7 Å². The number of amides is 1. The lowest BCUT2D eigenvalue weighted by molar-refractivity contribution is -0.117. The second kappa shape index (κ2) is 8.13. The predicted octanol–water partition coefficient (Wildman–Crippen LogP) is 2.98. The van der Waals surface area contributed by atoms with Gasteiger partial charge in [-0.05, 0) is 38.1 Å². The molecule has 0 aliphatic rings. The van der Waals surface area contributed by atoms with Gasteiger partial charge >= 0.3 is 0 Å². The molecule has 1 heterocycles. The number of carbonyl (C=O) groups is 1. The van der Waals surface area contributed by atoms with E-state index in [1.54, 1.807) is 44.3 Å². The number of hydrogen-bond donors (Lipinski definition) is 4. The van der Waals surface area contributed by atoms with Gasteiger partial charge in [-0.3, -0.25) is 9.89 Å². The summed E-state index contributed by atoms with van der Waals surface area (Å²) in [5.41, 5.74) is 2.56. The standard InChI is InChI=1S/C17H17ClN6O/c1-10(20)16(17(25)21-9-14-5-6-22-24-14)11(2)23-13-4-3-12(8-19)15(18)7-13/h3-7,20,23H,9H2,1-2H3,(H,21,25)(H,22,24)/b16-11+,20-10?. The van der Waals surface area contributed by atoms with Crippen molar-refractivity contribution >= 4 is 28.9 Å². The molecule has 1 aromatic heterocycles. The zero-order valence-corrected chi connectivity index (χ0v) is 14.5. The van der Waals surface area contributed by atoms with Crippen LogP contribution in [0.15, 0.2) is 41.7 Å². The van der Waals surface area contributed by atoms with E-state index in [2.05, 4.69) is 20.8 Å². The molecule has 1 aromatic carbocycles. The summed E-state index contributed by atoms with van der Waals surface area (Å²) >= 11 is 6.01. The molecule has 4 N–H and O–H groups in total. The van der Waals surface area contributed by atoms with Crippen molar-refractivity contribution < 1.29 is 4.79 Å². The molecule has 0 saturated heterocycles. The number of aromatic nitrogens is 2. The minimum Gasteiger partial charge on any atom is -0.358 e. The highest BCUT2D eigenvalue weighted by molar-refractivity contribution is 6.32. The molecule has 0 aliphatic heterocycles. The number of aromatic amines is 1. The van der Waals surface area contributed by atoms with E-state index >= 15 is 0 Å². The Labute approximate surface area is 150 Å². The highest BCUT2D eigenvalue weighted by atomic mass is 35.5. The summed E-state index contributed by atoms with van der Waals surface area (Å²) in [6.45, 7) is 3.50. The predicted molar refractivity (Wildman–Crippen MR) is 96.3 cm³/mol. The first-order chi connectivity index (χ1) is 11.9. The molecule has 128 valence electrons. The number of hydrogen-bond acceptors (Lipinski definition) is 5. The molecule has 1 amide bonds. The first kappa shape index (κ1) is 18.2. The first-order valence-corrected chi connectivity index (χ1v) is 7.80. The first-order valence-electron chi connectivity index (χ1n) is 7.42. The lowest BCUT2D eigenvalue weighted by Gasteiger charge is -2.14. The van der Waals surface area contributed by atoms with Gasteiger partial charge in [0.25, 0.3) is 5.91 Å².